The number of nitrogens with zero attached hydrogens (tertiary/aromatic N) is 2. The topological polar surface area (TPSA) is 23.6 Å². The molecule has 0 saturated carbocycles. The van der Waals surface area contributed by atoms with Crippen LogP contribution in [0.25, 0.3) is 0 Å². The van der Waals surface area contributed by atoms with E-state index in [0.717, 1.165) is 18.8 Å². The Morgan fingerprint density at radius 1 is 1.37 bits per heavy atom. The minimum atomic E-state index is 0.000869. The highest BCUT2D eigenvalue weighted by Gasteiger charge is 2.15. The van der Waals surface area contributed by atoms with Crippen molar-refractivity contribution >= 4 is 23.1 Å². The quantitative estimate of drug-likeness (QED) is 0.748. The molecule has 0 fully saturated rings. The standard InChI is InChI=1S/C15H23ClN2O/c1-6-18(11(2)10-17(4)5)13-7-8-14(12(3)19)15(16)9-13/h7-9,11H,6,10H2,1-5H3. The van der Waals surface area contributed by atoms with Gasteiger partial charge in [-0.25, -0.2) is 0 Å². The first-order chi connectivity index (χ1) is 8.86. The summed E-state index contributed by atoms with van der Waals surface area (Å²) < 4.78 is 0. The predicted octanol–water partition coefficient (Wildman–Crippen LogP) is 3.32. The molecular formula is C15H23ClN2O. The molecule has 0 aromatic heterocycles. The number of likely N-dealkylation sites (N-methyl/N-ethyl adjacent to an activating group) is 2. The van der Waals surface area contributed by atoms with Gasteiger partial charge in [-0.15, -0.1) is 0 Å². The molecule has 0 N–H and O–H groups in total. The Bertz CT molecular complexity index is 446. The number of ketones is 1. The zero-order valence-electron chi connectivity index (χ0n) is 12.4. The molecule has 4 heteroatoms. The van der Waals surface area contributed by atoms with Crippen molar-refractivity contribution in [1.29, 1.82) is 0 Å². The Kier molecular flexibility index (Phi) is 5.83. The van der Waals surface area contributed by atoms with Crippen molar-refractivity contribution in [1.82, 2.24) is 4.90 Å². The van der Waals surface area contributed by atoms with E-state index in [1.54, 1.807) is 0 Å². The van der Waals surface area contributed by atoms with E-state index in [1.807, 2.05) is 18.2 Å². The summed E-state index contributed by atoms with van der Waals surface area (Å²) in [7, 11) is 4.13. The van der Waals surface area contributed by atoms with E-state index in [4.69, 9.17) is 11.6 Å². The number of benzene rings is 1. The smallest absolute Gasteiger partial charge is 0.161 e. The minimum Gasteiger partial charge on any atom is -0.368 e. The van der Waals surface area contributed by atoms with Gasteiger partial charge in [0, 0.05) is 30.4 Å². The normalized spacial score (nSPS) is 12.6. The molecule has 0 aliphatic carbocycles. The Balaban J connectivity index is 2.99. The number of carbonyl (C=O) groups excluding carboxylic acids is 1. The van der Waals surface area contributed by atoms with Crippen LogP contribution in [0.15, 0.2) is 18.2 Å². The van der Waals surface area contributed by atoms with Crippen molar-refractivity contribution < 1.29 is 4.79 Å². The average molecular weight is 283 g/mol. The number of hydrogen-bond acceptors (Lipinski definition) is 3. The van der Waals surface area contributed by atoms with Gasteiger partial charge in [0.2, 0.25) is 0 Å². The van der Waals surface area contributed by atoms with Gasteiger partial charge in [0.25, 0.3) is 0 Å². The number of anilines is 1. The molecule has 0 aliphatic rings. The SMILES string of the molecule is CCN(c1ccc(C(C)=O)c(Cl)c1)C(C)CN(C)C. The van der Waals surface area contributed by atoms with Gasteiger partial charge in [0.15, 0.2) is 5.78 Å². The van der Waals surface area contributed by atoms with Crippen LogP contribution in [0.3, 0.4) is 0 Å². The zero-order chi connectivity index (χ0) is 14.6. The van der Waals surface area contributed by atoms with E-state index in [9.17, 15) is 4.79 Å². The number of Topliss-reactive ketones (excluding diaryl/α,β-unsaturated/α-hetero) is 1. The molecule has 0 spiro atoms. The Morgan fingerprint density at radius 3 is 2.42 bits per heavy atom. The fourth-order valence-electron chi connectivity index (χ4n) is 2.34. The maximum Gasteiger partial charge on any atom is 0.161 e. The Hall–Kier alpha value is -1.06. The fraction of sp³-hybridized carbons (Fsp3) is 0.533. The summed E-state index contributed by atoms with van der Waals surface area (Å²) in [5.41, 5.74) is 1.65. The van der Waals surface area contributed by atoms with Crippen molar-refractivity contribution in [2.24, 2.45) is 0 Å². The van der Waals surface area contributed by atoms with Gasteiger partial charge < -0.3 is 9.80 Å². The summed E-state index contributed by atoms with van der Waals surface area (Å²) in [6.45, 7) is 7.73. The predicted molar refractivity (Wildman–Crippen MR) is 82.5 cm³/mol. The van der Waals surface area contributed by atoms with E-state index in [2.05, 4.69) is 37.7 Å². The first-order valence-corrected chi connectivity index (χ1v) is 6.96. The summed E-state index contributed by atoms with van der Waals surface area (Å²) in [4.78, 5) is 15.8. The lowest BCUT2D eigenvalue weighted by Gasteiger charge is -2.32. The van der Waals surface area contributed by atoms with Gasteiger partial charge in [0.1, 0.15) is 0 Å². The van der Waals surface area contributed by atoms with Crippen LogP contribution >= 0.6 is 11.6 Å². The molecule has 1 atom stereocenters. The molecule has 0 bridgehead atoms. The molecule has 19 heavy (non-hydrogen) atoms. The Morgan fingerprint density at radius 2 is 2.00 bits per heavy atom. The summed E-state index contributed by atoms with van der Waals surface area (Å²) in [5.74, 6) is 0.000869. The number of halogens is 1. The van der Waals surface area contributed by atoms with Gasteiger partial charge in [0.05, 0.1) is 5.02 Å². The molecule has 0 saturated heterocycles. The monoisotopic (exact) mass is 282 g/mol. The first kappa shape index (κ1) is 16.0. The van der Waals surface area contributed by atoms with Gasteiger partial charge in [-0.3, -0.25) is 4.79 Å². The summed E-state index contributed by atoms with van der Waals surface area (Å²) in [6, 6.07) is 6.05. The molecule has 1 aromatic carbocycles. The van der Waals surface area contributed by atoms with E-state index >= 15 is 0 Å². The molecular weight excluding hydrogens is 260 g/mol. The average Bonchev–Trinajstić information content (AvgIpc) is 2.28. The molecule has 0 heterocycles. The highest BCUT2D eigenvalue weighted by Crippen LogP contribution is 2.25. The van der Waals surface area contributed by atoms with Crippen LogP contribution in [0.5, 0.6) is 0 Å². The molecule has 1 rings (SSSR count). The van der Waals surface area contributed by atoms with E-state index in [0.29, 0.717) is 16.6 Å². The third-order valence-corrected chi connectivity index (χ3v) is 3.48. The van der Waals surface area contributed by atoms with Crippen LogP contribution in [0.1, 0.15) is 31.1 Å². The maximum atomic E-state index is 11.4. The molecule has 106 valence electrons. The van der Waals surface area contributed by atoms with Crippen LogP contribution in [0, 0.1) is 0 Å². The fourth-order valence-corrected chi connectivity index (χ4v) is 2.65. The van der Waals surface area contributed by atoms with Crippen LogP contribution in [0.2, 0.25) is 5.02 Å². The van der Waals surface area contributed by atoms with Crippen molar-refractivity contribution in [2.75, 3.05) is 32.1 Å². The number of carbonyl (C=O) groups is 1. The second kappa shape index (κ2) is 6.92. The molecule has 1 aromatic rings. The van der Waals surface area contributed by atoms with Crippen LogP contribution < -0.4 is 4.90 Å². The van der Waals surface area contributed by atoms with Crippen molar-refractivity contribution in [3.63, 3.8) is 0 Å². The van der Waals surface area contributed by atoms with Crippen molar-refractivity contribution in [2.45, 2.75) is 26.8 Å². The minimum absolute atomic E-state index is 0.000869. The second-order valence-corrected chi connectivity index (χ2v) is 5.52. The second-order valence-electron chi connectivity index (χ2n) is 5.12. The van der Waals surface area contributed by atoms with Crippen molar-refractivity contribution in [3.05, 3.63) is 28.8 Å². The summed E-state index contributed by atoms with van der Waals surface area (Å²) in [5, 5.41) is 0.528. The lowest BCUT2D eigenvalue weighted by molar-refractivity contribution is 0.101. The molecule has 0 radical (unpaired) electrons. The Labute approximate surface area is 121 Å². The zero-order valence-corrected chi connectivity index (χ0v) is 13.2. The summed E-state index contributed by atoms with van der Waals surface area (Å²) >= 11 is 6.18. The molecule has 0 amide bonds. The van der Waals surface area contributed by atoms with E-state index in [1.165, 1.54) is 6.92 Å². The van der Waals surface area contributed by atoms with Crippen LogP contribution in [-0.2, 0) is 0 Å². The van der Waals surface area contributed by atoms with Gasteiger partial charge >= 0.3 is 0 Å². The van der Waals surface area contributed by atoms with E-state index < -0.39 is 0 Å². The lowest BCUT2D eigenvalue weighted by atomic mass is 10.1. The van der Waals surface area contributed by atoms with E-state index in [-0.39, 0.29) is 5.78 Å². The third kappa shape index (κ3) is 4.22. The first-order valence-electron chi connectivity index (χ1n) is 6.58. The highest BCUT2D eigenvalue weighted by atomic mass is 35.5. The van der Waals surface area contributed by atoms with Crippen molar-refractivity contribution in [3.8, 4) is 0 Å². The molecule has 3 nitrogen and oxygen atoms in total. The third-order valence-electron chi connectivity index (χ3n) is 3.17. The summed E-state index contributed by atoms with van der Waals surface area (Å²) in [6.07, 6.45) is 0. The lowest BCUT2D eigenvalue weighted by Crippen LogP contribution is -2.40. The van der Waals surface area contributed by atoms with Gasteiger partial charge in [-0.2, -0.15) is 0 Å². The van der Waals surface area contributed by atoms with Crippen LogP contribution in [0.4, 0.5) is 5.69 Å². The molecule has 0 aliphatic heterocycles. The van der Waals surface area contributed by atoms with Gasteiger partial charge in [-0.1, -0.05) is 11.6 Å². The van der Waals surface area contributed by atoms with Crippen LogP contribution in [-0.4, -0.2) is 43.9 Å². The number of rotatable bonds is 6. The largest absolute Gasteiger partial charge is 0.368 e. The number of hydrogen-bond donors (Lipinski definition) is 0. The highest BCUT2D eigenvalue weighted by molar-refractivity contribution is 6.34. The molecule has 1 unspecified atom stereocenters. The maximum absolute atomic E-state index is 11.4. The van der Waals surface area contributed by atoms with Gasteiger partial charge in [-0.05, 0) is 53.1 Å².